The summed E-state index contributed by atoms with van der Waals surface area (Å²) in [4.78, 5) is 24.5. The molecule has 1 aliphatic rings. The van der Waals surface area contributed by atoms with Crippen molar-refractivity contribution in [1.82, 2.24) is 0 Å². The highest BCUT2D eigenvalue weighted by Gasteiger charge is 2.48. The van der Waals surface area contributed by atoms with E-state index in [-0.39, 0.29) is 23.7 Å². The maximum atomic E-state index is 12.3. The van der Waals surface area contributed by atoms with Crippen molar-refractivity contribution in [2.45, 2.75) is 13.3 Å². The lowest BCUT2D eigenvalue weighted by Crippen LogP contribution is -2.21. The van der Waals surface area contributed by atoms with Crippen LogP contribution in [-0.2, 0) is 9.59 Å². The Bertz CT molecular complexity index is 807. The molecule has 0 spiro atoms. The molecule has 0 bridgehead atoms. The van der Waals surface area contributed by atoms with Crippen LogP contribution < -0.4 is 10.6 Å². The third-order valence-electron chi connectivity index (χ3n) is 4.06. The molecule has 4 nitrogen and oxygen atoms in total. The fourth-order valence-corrected chi connectivity index (χ4v) is 2.99. The molecule has 2 amide bonds. The van der Waals surface area contributed by atoms with E-state index < -0.39 is 0 Å². The van der Waals surface area contributed by atoms with Crippen molar-refractivity contribution < 1.29 is 9.59 Å². The lowest BCUT2D eigenvalue weighted by Gasteiger charge is -2.09. The zero-order valence-electron chi connectivity index (χ0n) is 13.0. The van der Waals surface area contributed by atoms with Crippen molar-refractivity contribution in [3.05, 3.63) is 58.1 Å². The molecule has 1 fully saturated rings. The van der Waals surface area contributed by atoms with Gasteiger partial charge in [0.25, 0.3) is 0 Å². The SMILES string of the molecule is Cc1ccccc1NC(=O)C1CC1C(=O)Nc1ccc(Cl)cc1Cl. The first-order valence-electron chi connectivity index (χ1n) is 7.58. The fraction of sp³-hybridized carbons (Fsp3) is 0.222. The molecule has 0 heterocycles. The molecule has 3 rings (SSSR count). The minimum atomic E-state index is -0.333. The van der Waals surface area contributed by atoms with Crippen LogP contribution in [-0.4, -0.2) is 11.8 Å². The van der Waals surface area contributed by atoms with E-state index in [2.05, 4.69) is 10.6 Å². The number of carbonyl (C=O) groups excluding carboxylic acids is 2. The first-order chi connectivity index (χ1) is 11.5. The summed E-state index contributed by atoms with van der Waals surface area (Å²) >= 11 is 11.9. The minimum absolute atomic E-state index is 0.133. The van der Waals surface area contributed by atoms with Crippen LogP contribution >= 0.6 is 23.2 Å². The quantitative estimate of drug-likeness (QED) is 0.839. The Morgan fingerprint density at radius 2 is 1.58 bits per heavy atom. The summed E-state index contributed by atoms with van der Waals surface area (Å²) in [6.45, 7) is 1.93. The third kappa shape index (κ3) is 3.71. The number of halogens is 2. The molecule has 2 N–H and O–H groups in total. The largest absolute Gasteiger partial charge is 0.326 e. The van der Waals surface area contributed by atoms with Crippen molar-refractivity contribution in [3.8, 4) is 0 Å². The molecule has 0 aliphatic heterocycles. The number of anilines is 2. The number of hydrogen-bond donors (Lipinski definition) is 2. The van der Waals surface area contributed by atoms with Crippen LogP contribution in [0.25, 0.3) is 0 Å². The molecule has 0 aromatic heterocycles. The number of nitrogens with one attached hydrogen (secondary N) is 2. The zero-order chi connectivity index (χ0) is 17.3. The maximum absolute atomic E-state index is 12.3. The molecular weight excluding hydrogens is 347 g/mol. The van der Waals surface area contributed by atoms with Crippen molar-refractivity contribution in [3.63, 3.8) is 0 Å². The Morgan fingerprint density at radius 1 is 0.958 bits per heavy atom. The molecule has 2 aromatic carbocycles. The van der Waals surface area contributed by atoms with Gasteiger partial charge in [0.05, 0.1) is 22.5 Å². The van der Waals surface area contributed by atoms with Crippen LogP contribution in [0.15, 0.2) is 42.5 Å². The molecule has 2 unspecified atom stereocenters. The summed E-state index contributed by atoms with van der Waals surface area (Å²) in [6, 6.07) is 12.4. The van der Waals surface area contributed by atoms with E-state index in [1.807, 2.05) is 31.2 Å². The van der Waals surface area contributed by atoms with E-state index in [4.69, 9.17) is 23.2 Å². The smallest absolute Gasteiger partial charge is 0.228 e. The summed E-state index contributed by atoms with van der Waals surface area (Å²) in [5.41, 5.74) is 2.26. The van der Waals surface area contributed by atoms with Gasteiger partial charge in [-0.1, -0.05) is 41.4 Å². The number of para-hydroxylation sites is 1. The average molecular weight is 363 g/mol. The van der Waals surface area contributed by atoms with E-state index in [0.29, 0.717) is 22.2 Å². The zero-order valence-corrected chi connectivity index (χ0v) is 14.5. The summed E-state index contributed by atoms with van der Waals surface area (Å²) in [5.74, 6) is -0.979. The molecule has 0 saturated heterocycles. The second-order valence-electron chi connectivity index (χ2n) is 5.87. The average Bonchev–Trinajstić information content (AvgIpc) is 3.33. The van der Waals surface area contributed by atoms with Crippen LogP contribution in [0.2, 0.25) is 10.0 Å². The van der Waals surface area contributed by atoms with E-state index in [0.717, 1.165) is 11.3 Å². The van der Waals surface area contributed by atoms with Crippen molar-refractivity contribution in [2.24, 2.45) is 11.8 Å². The summed E-state index contributed by atoms with van der Waals surface area (Å²) < 4.78 is 0. The summed E-state index contributed by atoms with van der Waals surface area (Å²) in [5, 5.41) is 6.50. The normalized spacial score (nSPS) is 18.8. The number of hydrogen-bond acceptors (Lipinski definition) is 2. The fourth-order valence-electron chi connectivity index (χ4n) is 2.53. The Kier molecular flexibility index (Phi) is 4.78. The van der Waals surface area contributed by atoms with Gasteiger partial charge in [0.1, 0.15) is 0 Å². The molecular formula is C18H16Cl2N2O2. The van der Waals surface area contributed by atoms with Gasteiger partial charge in [-0.15, -0.1) is 0 Å². The predicted octanol–water partition coefficient (Wildman–Crippen LogP) is 4.52. The lowest BCUT2D eigenvalue weighted by atomic mass is 10.2. The molecule has 2 aromatic rings. The molecule has 0 radical (unpaired) electrons. The van der Waals surface area contributed by atoms with Crippen LogP contribution in [0.1, 0.15) is 12.0 Å². The second-order valence-corrected chi connectivity index (χ2v) is 6.71. The Morgan fingerprint density at radius 3 is 2.21 bits per heavy atom. The van der Waals surface area contributed by atoms with E-state index in [1.165, 1.54) is 0 Å². The number of benzene rings is 2. The van der Waals surface area contributed by atoms with Gasteiger partial charge in [0.15, 0.2) is 0 Å². The minimum Gasteiger partial charge on any atom is -0.326 e. The summed E-state index contributed by atoms with van der Waals surface area (Å²) in [6.07, 6.45) is 0.536. The van der Waals surface area contributed by atoms with Crippen molar-refractivity contribution >= 4 is 46.4 Å². The van der Waals surface area contributed by atoms with Crippen molar-refractivity contribution in [1.29, 1.82) is 0 Å². The molecule has 1 saturated carbocycles. The lowest BCUT2D eigenvalue weighted by molar-refractivity contribution is -0.122. The van der Waals surface area contributed by atoms with Crippen LogP contribution in [0, 0.1) is 18.8 Å². The van der Waals surface area contributed by atoms with Gasteiger partial charge in [-0.25, -0.2) is 0 Å². The highest BCUT2D eigenvalue weighted by molar-refractivity contribution is 6.36. The molecule has 2 atom stereocenters. The van der Waals surface area contributed by atoms with Gasteiger partial charge in [0, 0.05) is 10.7 Å². The highest BCUT2D eigenvalue weighted by Crippen LogP contribution is 2.41. The Balaban J connectivity index is 1.59. The first-order valence-corrected chi connectivity index (χ1v) is 8.33. The van der Waals surface area contributed by atoms with Gasteiger partial charge >= 0.3 is 0 Å². The molecule has 6 heteroatoms. The molecule has 24 heavy (non-hydrogen) atoms. The Labute approximate surface area is 150 Å². The highest BCUT2D eigenvalue weighted by atomic mass is 35.5. The number of aryl methyl sites for hydroxylation is 1. The number of amides is 2. The topological polar surface area (TPSA) is 58.2 Å². The monoisotopic (exact) mass is 362 g/mol. The van der Waals surface area contributed by atoms with Crippen molar-refractivity contribution in [2.75, 3.05) is 10.6 Å². The number of rotatable bonds is 4. The number of carbonyl (C=O) groups is 2. The van der Waals surface area contributed by atoms with Crippen LogP contribution in [0.4, 0.5) is 11.4 Å². The third-order valence-corrected chi connectivity index (χ3v) is 4.60. The second kappa shape index (κ2) is 6.83. The van der Waals surface area contributed by atoms with E-state index >= 15 is 0 Å². The summed E-state index contributed by atoms with van der Waals surface area (Å²) in [7, 11) is 0. The maximum Gasteiger partial charge on any atom is 0.228 e. The molecule has 1 aliphatic carbocycles. The van der Waals surface area contributed by atoms with E-state index in [9.17, 15) is 9.59 Å². The van der Waals surface area contributed by atoms with Crippen LogP contribution in [0.5, 0.6) is 0 Å². The van der Waals surface area contributed by atoms with Gasteiger partial charge in [-0.3, -0.25) is 9.59 Å². The molecule has 124 valence electrons. The van der Waals surface area contributed by atoms with Gasteiger partial charge < -0.3 is 10.6 Å². The first kappa shape index (κ1) is 16.8. The van der Waals surface area contributed by atoms with Gasteiger partial charge in [0.2, 0.25) is 11.8 Å². The van der Waals surface area contributed by atoms with Gasteiger partial charge in [-0.2, -0.15) is 0 Å². The standard InChI is InChI=1S/C18H16Cl2N2O2/c1-10-4-2-3-5-15(10)21-17(23)12-9-13(12)18(24)22-16-7-6-11(19)8-14(16)20/h2-8,12-13H,9H2,1H3,(H,21,23)(H,22,24). The van der Waals surface area contributed by atoms with Crippen LogP contribution in [0.3, 0.4) is 0 Å². The van der Waals surface area contributed by atoms with E-state index in [1.54, 1.807) is 18.2 Å². The van der Waals surface area contributed by atoms with Gasteiger partial charge in [-0.05, 0) is 43.2 Å². The predicted molar refractivity (Wildman–Crippen MR) is 96.5 cm³/mol. The Hall–Kier alpha value is -2.04.